The van der Waals surface area contributed by atoms with E-state index in [-0.39, 0.29) is 23.3 Å². The molecule has 0 aliphatic carbocycles. The predicted octanol–water partition coefficient (Wildman–Crippen LogP) is 2.59. The third-order valence-corrected chi connectivity index (χ3v) is 3.98. The molecule has 0 saturated carbocycles. The van der Waals surface area contributed by atoms with E-state index in [1.807, 2.05) is 13.8 Å². The summed E-state index contributed by atoms with van der Waals surface area (Å²) >= 11 is 0. The Kier molecular flexibility index (Phi) is 5.74. The van der Waals surface area contributed by atoms with Crippen LogP contribution in [0.2, 0.25) is 0 Å². The molecular weight excluding hydrogens is 284 g/mol. The maximum absolute atomic E-state index is 11.0. The summed E-state index contributed by atoms with van der Waals surface area (Å²) in [5, 5.41) is 20.2. The van der Waals surface area contributed by atoms with Crippen LogP contribution in [-0.4, -0.2) is 40.7 Å². The van der Waals surface area contributed by atoms with Crippen LogP contribution >= 0.6 is 0 Å². The summed E-state index contributed by atoms with van der Waals surface area (Å²) in [6.45, 7) is 6.56. The van der Waals surface area contributed by atoms with Crippen LogP contribution in [0.3, 0.4) is 0 Å². The number of nitro groups is 1. The van der Waals surface area contributed by atoms with Crippen molar-refractivity contribution in [3.8, 4) is 5.75 Å². The van der Waals surface area contributed by atoms with Crippen molar-refractivity contribution in [2.75, 3.05) is 19.7 Å². The minimum atomic E-state index is -0.374. The van der Waals surface area contributed by atoms with Crippen molar-refractivity contribution < 1.29 is 14.8 Å². The highest BCUT2D eigenvalue weighted by atomic mass is 16.6. The van der Waals surface area contributed by atoms with Crippen LogP contribution in [0.4, 0.5) is 5.69 Å². The largest absolute Gasteiger partial charge is 0.491 e. The second-order valence-electron chi connectivity index (χ2n) is 6.12. The van der Waals surface area contributed by atoms with Gasteiger partial charge in [-0.1, -0.05) is 0 Å². The molecule has 1 aromatic carbocycles. The van der Waals surface area contributed by atoms with Crippen molar-refractivity contribution in [2.24, 2.45) is 5.92 Å². The highest BCUT2D eigenvalue weighted by molar-refractivity contribution is 5.44. The first-order valence-corrected chi connectivity index (χ1v) is 7.76. The highest BCUT2D eigenvalue weighted by Gasteiger charge is 2.21. The molecule has 0 amide bonds. The number of aliphatic hydroxyl groups excluding tert-OH is 1. The van der Waals surface area contributed by atoms with Crippen molar-refractivity contribution in [2.45, 2.75) is 39.3 Å². The van der Waals surface area contributed by atoms with Gasteiger partial charge in [0.15, 0.2) is 0 Å². The van der Waals surface area contributed by atoms with Crippen LogP contribution in [0.1, 0.15) is 32.3 Å². The lowest BCUT2D eigenvalue weighted by atomic mass is 9.97. The monoisotopic (exact) mass is 308 g/mol. The molecule has 6 heteroatoms. The van der Waals surface area contributed by atoms with Gasteiger partial charge in [0, 0.05) is 30.8 Å². The van der Waals surface area contributed by atoms with E-state index < -0.39 is 0 Å². The number of likely N-dealkylation sites (tertiary alicyclic amines) is 1. The Labute approximate surface area is 130 Å². The summed E-state index contributed by atoms with van der Waals surface area (Å²) in [7, 11) is 0. The van der Waals surface area contributed by atoms with Gasteiger partial charge in [0.05, 0.1) is 11.0 Å². The molecule has 0 radical (unpaired) electrons. The van der Waals surface area contributed by atoms with Gasteiger partial charge in [0.25, 0.3) is 5.69 Å². The molecule has 122 valence electrons. The second-order valence-corrected chi connectivity index (χ2v) is 6.12. The summed E-state index contributed by atoms with van der Waals surface area (Å²) in [6, 6.07) is 4.78. The lowest BCUT2D eigenvalue weighted by Gasteiger charge is -2.31. The molecule has 0 bridgehead atoms. The zero-order chi connectivity index (χ0) is 16.1. The Morgan fingerprint density at radius 3 is 2.64 bits per heavy atom. The van der Waals surface area contributed by atoms with Crippen LogP contribution < -0.4 is 4.74 Å². The minimum absolute atomic E-state index is 0.0281. The van der Waals surface area contributed by atoms with E-state index in [4.69, 9.17) is 4.74 Å². The standard InChI is InChI=1S/C16H24N2O4/c1-12(2)22-16-4-3-15(18(20)21)9-14(16)10-17-7-5-13(11-19)6-8-17/h3-4,9,12-13,19H,5-8,10-11H2,1-2H3. The SMILES string of the molecule is CC(C)Oc1ccc([N+](=O)[O-])cc1CN1CCC(CO)CC1. The number of piperidine rings is 1. The number of hydrogen-bond donors (Lipinski definition) is 1. The van der Waals surface area contributed by atoms with Crippen molar-refractivity contribution in [3.63, 3.8) is 0 Å². The fraction of sp³-hybridized carbons (Fsp3) is 0.625. The Morgan fingerprint density at radius 2 is 2.09 bits per heavy atom. The number of non-ortho nitro benzene ring substituents is 1. The van der Waals surface area contributed by atoms with E-state index >= 15 is 0 Å². The molecule has 2 rings (SSSR count). The molecular formula is C16H24N2O4. The molecule has 0 spiro atoms. The van der Waals surface area contributed by atoms with Crippen LogP contribution in [0.25, 0.3) is 0 Å². The van der Waals surface area contributed by atoms with Gasteiger partial charge in [-0.25, -0.2) is 0 Å². The van der Waals surface area contributed by atoms with Crippen LogP contribution in [0, 0.1) is 16.0 Å². The van der Waals surface area contributed by atoms with Crippen LogP contribution in [-0.2, 0) is 6.54 Å². The van der Waals surface area contributed by atoms with E-state index in [2.05, 4.69) is 4.90 Å². The first kappa shape index (κ1) is 16.7. The Morgan fingerprint density at radius 1 is 1.41 bits per heavy atom. The van der Waals surface area contributed by atoms with Crippen molar-refractivity contribution in [3.05, 3.63) is 33.9 Å². The average molecular weight is 308 g/mol. The van der Waals surface area contributed by atoms with Gasteiger partial charge in [0.1, 0.15) is 5.75 Å². The topological polar surface area (TPSA) is 75.8 Å². The smallest absolute Gasteiger partial charge is 0.270 e. The number of aliphatic hydroxyl groups is 1. The molecule has 1 aliphatic heterocycles. The molecule has 0 unspecified atom stereocenters. The van der Waals surface area contributed by atoms with Crippen molar-refractivity contribution in [1.82, 2.24) is 4.90 Å². The number of nitrogens with zero attached hydrogens (tertiary/aromatic N) is 2. The summed E-state index contributed by atoms with van der Waals surface area (Å²) in [4.78, 5) is 12.9. The van der Waals surface area contributed by atoms with Crippen LogP contribution in [0.5, 0.6) is 5.75 Å². The van der Waals surface area contributed by atoms with Crippen LogP contribution in [0.15, 0.2) is 18.2 Å². The number of hydrogen-bond acceptors (Lipinski definition) is 5. The van der Waals surface area contributed by atoms with E-state index in [1.54, 1.807) is 12.1 Å². The summed E-state index contributed by atoms with van der Waals surface area (Å²) in [5.41, 5.74) is 0.946. The molecule has 0 atom stereocenters. The van der Waals surface area contributed by atoms with Gasteiger partial charge in [-0.2, -0.15) is 0 Å². The Balaban J connectivity index is 2.12. The predicted molar refractivity (Wildman–Crippen MR) is 83.9 cm³/mol. The summed E-state index contributed by atoms with van der Waals surface area (Å²) in [5.74, 6) is 1.10. The van der Waals surface area contributed by atoms with Gasteiger partial charge in [0.2, 0.25) is 0 Å². The first-order valence-electron chi connectivity index (χ1n) is 7.76. The second kappa shape index (κ2) is 7.56. The van der Waals surface area contributed by atoms with Crippen molar-refractivity contribution >= 4 is 5.69 Å². The third-order valence-electron chi connectivity index (χ3n) is 3.98. The molecule has 1 aliphatic rings. The van der Waals surface area contributed by atoms with E-state index in [9.17, 15) is 15.2 Å². The summed E-state index contributed by atoms with van der Waals surface area (Å²) < 4.78 is 5.77. The summed E-state index contributed by atoms with van der Waals surface area (Å²) in [6.07, 6.45) is 1.96. The van der Waals surface area contributed by atoms with Gasteiger partial charge < -0.3 is 9.84 Å². The lowest BCUT2D eigenvalue weighted by molar-refractivity contribution is -0.385. The fourth-order valence-electron chi connectivity index (χ4n) is 2.74. The first-order chi connectivity index (χ1) is 10.5. The van der Waals surface area contributed by atoms with E-state index in [0.29, 0.717) is 18.2 Å². The third kappa shape index (κ3) is 4.42. The van der Waals surface area contributed by atoms with Gasteiger partial charge in [-0.3, -0.25) is 15.0 Å². The number of benzene rings is 1. The van der Waals surface area contributed by atoms with Gasteiger partial charge >= 0.3 is 0 Å². The quantitative estimate of drug-likeness (QED) is 0.645. The molecule has 6 nitrogen and oxygen atoms in total. The number of nitro benzene ring substituents is 1. The van der Waals surface area contributed by atoms with E-state index in [0.717, 1.165) is 31.5 Å². The minimum Gasteiger partial charge on any atom is -0.491 e. The maximum atomic E-state index is 11.0. The number of ether oxygens (including phenoxy) is 1. The normalized spacial score (nSPS) is 16.9. The Bertz CT molecular complexity index is 511. The molecule has 1 fully saturated rings. The van der Waals surface area contributed by atoms with Crippen molar-refractivity contribution in [1.29, 1.82) is 0 Å². The molecule has 0 aromatic heterocycles. The van der Waals surface area contributed by atoms with Gasteiger partial charge in [-0.05, 0) is 51.8 Å². The average Bonchev–Trinajstić information content (AvgIpc) is 2.49. The molecule has 22 heavy (non-hydrogen) atoms. The molecule has 1 saturated heterocycles. The highest BCUT2D eigenvalue weighted by Crippen LogP contribution is 2.28. The fourth-order valence-corrected chi connectivity index (χ4v) is 2.74. The van der Waals surface area contributed by atoms with E-state index in [1.165, 1.54) is 6.07 Å². The maximum Gasteiger partial charge on any atom is 0.270 e. The zero-order valence-corrected chi connectivity index (χ0v) is 13.2. The van der Waals surface area contributed by atoms with Gasteiger partial charge in [-0.15, -0.1) is 0 Å². The molecule has 1 N–H and O–H groups in total. The molecule has 1 heterocycles. The molecule has 1 aromatic rings. The lowest BCUT2D eigenvalue weighted by Crippen LogP contribution is -2.34. The number of rotatable bonds is 6. The Hall–Kier alpha value is -1.66. The zero-order valence-electron chi connectivity index (χ0n) is 13.2.